The molecule has 0 aliphatic heterocycles. The van der Waals surface area contributed by atoms with Crippen LogP contribution >= 0.6 is 0 Å². The van der Waals surface area contributed by atoms with E-state index in [1.165, 1.54) is 25.7 Å². The number of esters is 2. The maximum absolute atomic E-state index is 11.0. The summed E-state index contributed by atoms with van der Waals surface area (Å²) in [5.41, 5.74) is 0. The van der Waals surface area contributed by atoms with Gasteiger partial charge >= 0.3 is 81.5 Å². The third-order valence-corrected chi connectivity index (χ3v) is 10.2. The van der Waals surface area contributed by atoms with Crippen LogP contribution in [0.3, 0.4) is 0 Å². The Bertz CT molecular complexity index is 648. The average Bonchev–Trinajstić information content (AvgIpc) is 2.95. The molecule has 0 bridgehead atoms. The number of carboxylic acid groups (broad SMARTS) is 2. The van der Waals surface area contributed by atoms with Gasteiger partial charge in [-0.3, -0.25) is 0 Å². The zero-order valence-electron chi connectivity index (χ0n) is 26.5. The van der Waals surface area contributed by atoms with E-state index in [1.54, 1.807) is 8.87 Å². The van der Waals surface area contributed by atoms with E-state index in [0.29, 0.717) is 37.2 Å². The van der Waals surface area contributed by atoms with E-state index >= 15 is 0 Å². The molecular weight excluding hydrogens is 631 g/mol. The normalized spacial score (nSPS) is 11.9. The summed E-state index contributed by atoms with van der Waals surface area (Å²) >= 11 is 0.149. The molecule has 0 heterocycles. The zero-order valence-corrected chi connectivity index (χ0v) is 29.4. The summed E-state index contributed by atoms with van der Waals surface area (Å²) in [6.45, 7) is 13.6. The van der Waals surface area contributed by atoms with E-state index in [9.17, 15) is 29.4 Å². The van der Waals surface area contributed by atoms with Crippen molar-refractivity contribution < 1.29 is 38.9 Å². The van der Waals surface area contributed by atoms with Crippen LogP contribution in [-0.2, 0) is 28.7 Å². The van der Waals surface area contributed by atoms with Crippen LogP contribution in [0.1, 0.15) is 119 Å². The van der Waals surface area contributed by atoms with E-state index in [1.807, 2.05) is 13.8 Å². The molecule has 0 aromatic rings. The molecule has 0 aliphatic rings. The van der Waals surface area contributed by atoms with Gasteiger partial charge in [-0.15, -0.1) is 0 Å². The zero-order chi connectivity index (χ0) is 31.7. The first-order chi connectivity index (χ1) is 19.6. The van der Waals surface area contributed by atoms with Crippen LogP contribution in [0.4, 0.5) is 0 Å². The molecule has 41 heavy (non-hydrogen) atoms. The van der Waals surface area contributed by atoms with E-state index in [4.69, 9.17) is 9.47 Å². The number of carbonyl (C=O) groups excluding carboxylic acids is 4. The van der Waals surface area contributed by atoms with Crippen molar-refractivity contribution in [1.29, 1.82) is 0 Å². The molecule has 2 unspecified atom stereocenters. The Morgan fingerprint density at radius 3 is 1.20 bits per heavy atom. The van der Waals surface area contributed by atoms with Gasteiger partial charge in [0.2, 0.25) is 0 Å². The standard InChI is InChI=1S/2C12H20O4.2C4H9.Sn/c2*1-3-5-6-10(4-2)9-16-12(15)8-7-11(13)14;2*1-3-4-2;/h2*7-8,10H,3-6,9H2,1-2H3,(H,13,14);2*1,3-4H2,2H3;/q;;;;+2/p-2/b2*8-7-;;;. The van der Waals surface area contributed by atoms with Crippen LogP contribution in [0.25, 0.3) is 0 Å². The molecule has 0 rings (SSSR count). The van der Waals surface area contributed by atoms with Crippen molar-refractivity contribution in [3.05, 3.63) is 24.3 Å². The summed E-state index contributed by atoms with van der Waals surface area (Å²) in [5.74, 6) is -3.32. The molecule has 0 N–H and O–H groups in total. The monoisotopic (exact) mass is 688 g/mol. The fourth-order valence-corrected chi connectivity index (χ4v) is 7.45. The number of carboxylic acids is 2. The molecule has 236 valence electrons. The van der Waals surface area contributed by atoms with Crippen molar-refractivity contribution in [3.8, 4) is 0 Å². The summed E-state index contributed by atoms with van der Waals surface area (Å²) in [6, 6.07) is 0. The molecular formula is C32H56O8Sn. The summed E-state index contributed by atoms with van der Waals surface area (Å²) < 4.78 is 13.1. The molecule has 9 heteroatoms. The van der Waals surface area contributed by atoms with Crippen LogP contribution in [0, 0.1) is 11.8 Å². The first-order valence-corrected chi connectivity index (χ1v) is 19.5. The molecule has 0 saturated heterocycles. The number of rotatable bonds is 22. The Morgan fingerprint density at radius 1 is 0.585 bits per heavy atom. The van der Waals surface area contributed by atoms with Crippen LogP contribution in [0.5, 0.6) is 0 Å². The molecule has 0 aromatic carbocycles. The third kappa shape index (κ3) is 38.2. The Kier molecular flexibility index (Phi) is 36.5. The molecule has 2 atom stereocenters. The van der Waals surface area contributed by atoms with Crippen molar-refractivity contribution >= 4 is 45.0 Å². The van der Waals surface area contributed by atoms with E-state index in [-0.39, 0.29) is 21.1 Å². The van der Waals surface area contributed by atoms with Crippen LogP contribution in [0.15, 0.2) is 24.3 Å². The van der Waals surface area contributed by atoms with Crippen molar-refractivity contribution in [2.45, 2.75) is 127 Å². The van der Waals surface area contributed by atoms with Gasteiger partial charge in [0.25, 0.3) is 0 Å². The quantitative estimate of drug-likeness (QED) is 0.0654. The fourth-order valence-electron chi connectivity index (χ4n) is 3.29. The van der Waals surface area contributed by atoms with E-state index in [0.717, 1.165) is 63.5 Å². The van der Waals surface area contributed by atoms with Gasteiger partial charge < -0.3 is 29.3 Å². The molecule has 0 amide bonds. The molecule has 0 fully saturated rings. The number of hydrogen-bond acceptors (Lipinski definition) is 8. The summed E-state index contributed by atoms with van der Waals surface area (Å²) in [7, 11) is 0. The van der Waals surface area contributed by atoms with Gasteiger partial charge in [0.1, 0.15) is 0 Å². The minimum absolute atomic E-state index is 0.149. The third-order valence-electron chi connectivity index (χ3n) is 6.13. The predicted octanol–water partition coefficient (Wildman–Crippen LogP) is 5.23. The molecule has 0 aliphatic carbocycles. The second-order valence-electron chi connectivity index (χ2n) is 9.85. The Morgan fingerprint density at radius 2 is 0.927 bits per heavy atom. The topological polar surface area (TPSA) is 133 Å². The summed E-state index contributed by atoms with van der Waals surface area (Å²) in [6.07, 6.45) is 17.4. The Labute approximate surface area is 259 Å². The van der Waals surface area contributed by atoms with Gasteiger partial charge in [0, 0.05) is 12.2 Å². The number of unbranched alkanes of at least 4 members (excludes halogenated alkanes) is 4. The van der Waals surface area contributed by atoms with E-state index < -0.39 is 23.9 Å². The van der Waals surface area contributed by atoms with Gasteiger partial charge in [0.05, 0.1) is 25.2 Å². The first kappa shape index (κ1) is 43.6. The molecule has 0 spiro atoms. The molecule has 0 saturated carbocycles. The van der Waals surface area contributed by atoms with Gasteiger partial charge in [0.15, 0.2) is 0 Å². The van der Waals surface area contributed by atoms with Gasteiger partial charge in [-0.25, -0.2) is 9.59 Å². The van der Waals surface area contributed by atoms with E-state index in [2.05, 4.69) is 27.7 Å². The molecule has 0 aromatic heterocycles. The average molecular weight is 688 g/mol. The van der Waals surface area contributed by atoms with Gasteiger partial charge in [-0.1, -0.05) is 66.2 Å². The molecule has 0 radical (unpaired) electrons. The first-order valence-electron chi connectivity index (χ1n) is 15.4. The second-order valence-corrected chi connectivity index (χ2v) is 14.1. The minimum atomic E-state index is -1.39. The van der Waals surface area contributed by atoms with Crippen molar-refractivity contribution in [1.82, 2.24) is 0 Å². The fraction of sp³-hybridized carbons (Fsp3) is 0.750. The van der Waals surface area contributed by atoms with Crippen LogP contribution in [-0.4, -0.2) is 58.2 Å². The Hall–Kier alpha value is -1.84. The Balaban J connectivity index is -0.000000551. The number of carbonyl (C=O) groups is 4. The SMILES string of the molecule is CCCCC(CC)COC(=O)/C=C\C(=O)[O-].CCCCC(CC)COC(=O)/C=C\C(=O)[O-].CCC[CH2][Sn+2][CH2]CCC. The summed E-state index contributed by atoms with van der Waals surface area (Å²) in [5, 5.41) is 20.1. The van der Waals surface area contributed by atoms with Gasteiger partial charge in [-0.05, 0) is 36.8 Å². The number of ether oxygens (including phenoxy) is 2. The van der Waals surface area contributed by atoms with Crippen molar-refractivity contribution in [3.63, 3.8) is 0 Å². The second kappa shape index (κ2) is 34.4. The number of hydrogen-bond donors (Lipinski definition) is 0. The maximum atomic E-state index is 11.0. The van der Waals surface area contributed by atoms with Gasteiger partial charge in [-0.2, -0.15) is 0 Å². The van der Waals surface area contributed by atoms with Crippen molar-refractivity contribution in [2.75, 3.05) is 13.2 Å². The van der Waals surface area contributed by atoms with Crippen LogP contribution < -0.4 is 10.2 Å². The van der Waals surface area contributed by atoms with Crippen molar-refractivity contribution in [2.24, 2.45) is 11.8 Å². The number of aliphatic carboxylic acids is 2. The van der Waals surface area contributed by atoms with Crippen LogP contribution in [0.2, 0.25) is 8.87 Å². The summed E-state index contributed by atoms with van der Waals surface area (Å²) in [4.78, 5) is 42.2. The molecule has 8 nitrogen and oxygen atoms in total. The predicted molar refractivity (Wildman–Crippen MR) is 162 cm³/mol.